The van der Waals surface area contributed by atoms with Gasteiger partial charge in [0.05, 0.1) is 6.54 Å². The third kappa shape index (κ3) is 2.94. The van der Waals surface area contributed by atoms with E-state index in [4.69, 9.17) is 0 Å². The Hall–Kier alpha value is -1.61. The van der Waals surface area contributed by atoms with Crippen LogP contribution < -0.4 is 0 Å². The first-order chi connectivity index (χ1) is 8.16. The first kappa shape index (κ1) is 11.9. The van der Waals surface area contributed by atoms with Gasteiger partial charge >= 0.3 is 0 Å². The minimum absolute atomic E-state index is 0.0714. The number of benzene rings is 1. The van der Waals surface area contributed by atoms with Crippen LogP contribution in [0.4, 0.5) is 0 Å². The van der Waals surface area contributed by atoms with E-state index in [2.05, 4.69) is 0 Å². The lowest BCUT2D eigenvalue weighted by atomic mass is 10.1. The summed E-state index contributed by atoms with van der Waals surface area (Å²) in [5.41, 5.74) is 1.87. The molecule has 2 nitrogen and oxygen atoms in total. The summed E-state index contributed by atoms with van der Waals surface area (Å²) in [4.78, 5) is 15.1. The van der Waals surface area contributed by atoms with Crippen molar-refractivity contribution in [2.45, 2.75) is 13.5 Å². The van der Waals surface area contributed by atoms with Crippen molar-refractivity contribution in [2.75, 3.05) is 7.05 Å². The van der Waals surface area contributed by atoms with Crippen LogP contribution in [0.1, 0.15) is 20.8 Å². The van der Waals surface area contributed by atoms with Gasteiger partial charge in [-0.25, -0.2) is 0 Å². The van der Waals surface area contributed by atoms with Gasteiger partial charge in [-0.1, -0.05) is 23.8 Å². The van der Waals surface area contributed by atoms with Crippen LogP contribution >= 0.6 is 11.3 Å². The van der Waals surface area contributed by atoms with Gasteiger partial charge in [-0.2, -0.15) is 0 Å². The third-order valence-corrected chi connectivity index (χ3v) is 3.45. The fourth-order valence-electron chi connectivity index (χ4n) is 1.71. The van der Waals surface area contributed by atoms with Crippen molar-refractivity contribution in [3.8, 4) is 0 Å². The van der Waals surface area contributed by atoms with Crippen LogP contribution in [-0.2, 0) is 6.54 Å². The number of carbonyl (C=O) groups is 1. The van der Waals surface area contributed by atoms with Crippen molar-refractivity contribution >= 4 is 17.2 Å². The van der Waals surface area contributed by atoms with Gasteiger partial charge in [0.2, 0.25) is 0 Å². The molecule has 1 aromatic carbocycles. The normalized spacial score (nSPS) is 10.2. The molecule has 2 aromatic rings. The minimum atomic E-state index is 0.0714. The van der Waals surface area contributed by atoms with Gasteiger partial charge in [0.1, 0.15) is 0 Å². The Labute approximate surface area is 106 Å². The molecule has 3 heteroatoms. The Bertz CT molecular complexity index is 505. The molecular formula is C14H15NOS. The number of carbonyl (C=O) groups excluding carboxylic acids is 1. The summed E-state index contributed by atoms with van der Waals surface area (Å²) in [6.45, 7) is 2.67. The molecule has 0 saturated heterocycles. The quantitative estimate of drug-likeness (QED) is 0.812. The van der Waals surface area contributed by atoms with Gasteiger partial charge in [-0.3, -0.25) is 4.79 Å². The van der Waals surface area contributed by atoms with Crippen LogP contribution in [0.2, 0.25) is 0 Å². The largest absolute Gasteiger partial charge is 0.337 e. The molecule has 0 radical (unpaired) electrons. The molecule has 88 valence electrons. The molecule has 1 aromatic heterocycles. The van der Waals surface area contributed by atoms with Crippen molar-refractivity contribution in [1.82, 2.24) is 4.90 Å². The van der Waals surface area contributed by atoms with Crippen LogP contribution in [0, 0.1) is 6.92 Å². The van der Waals surface area contributed by atoms with Gasteiger partial charge < -0.3 is 4.90 Å². The van der Waals surface area contributed by atoms with E-state index in [1.54, 1.807) is 16.2 Å². The van der Waals surface area contributed by atoms with Gasteiger partial charge in [-0.15, -0.1) is 11.3 Å². The maximum Gasteiger partial charge on any atom is 0.253 e. The number of thiophene rings is 1. The molecule has 2 rings (SSSR count). The topological polar surface area (TPSA) is 20.3 Å². The smallest absolute Gasteiger partial charge is 0.253 e. The highest BCUT2D eigenvalue weighted by molar-refractivity contribution is 7.09. The molecule has 0 atom stereocenters. The predicted octanol–water partition coefficient (Wildman–Crippen LogP) is 3.33. The van der Waals surface area contributed by atoms with Crippen LogP contribution in [0.3, 0.4) is 0 Å². The molecule has 1 amide bonds. The van der Waals surface area contributed by atoms with Gasteiger partial charge in [0.15, 0.2) is 0 Å². The third-order valence-electron chi connectivity index (χ3n) is 2.58. The van der Waals surface area contributed by atoms with Crippen LogP contribution in [-0.4, -0.2) is 17.9 Å². The fraction of sp³-hybridized carbons (Fsp3) is 0.214. The van der Waals surface area contributed by atoms with Gasteiger partial charge in [0, 0.05) is 17.5 Å². The molecule has 17 heavy (non-hydrogen) atoms. The molecule has 0 bridgehead atoms. The Morgan fingerprint density at radius 1 is 1.29 bits per heavy atom. The predicted molar refractivity (Wildman–Crippen MR) is 71.3 cm³/mol. The van der Waals surface area contributed by atoms with E-state index >= 15 is 0 Å². The van der Waals surface area contributed by atoms with Crippen LogP contribution in [0.15, 0.2) is 41.8 Å². The number of aryl methyl sites for hydroxylation is 1. The van der Waals surface area contributed by atoms with Gasteiger partial charge in [-0.05, 0) is 30.5 Å². The van der Waals surface area contributed by atoms with Gasteiger partial charge in [0.25, 0.3) is 5.91 Å². The summed E-state index contributed by atoms with van der Waals surface area (Å²) in [7, 11) is 1.84. The monoisotopic (exact) mass is 245 g/mol. The molecule has 0 spiro atoms. The van der Waals surface area contributed by atoms with E-state index in [1.165, 1.54) is 4.88 Å². The molecule has 0 aliphatic heterocycles. The van der Waals surface area contributed by atoms with E-state index in [1.807, 2.05) is 55.7 Å². The Balaban J connectivity index is 2.09. The summed E-state index contributed by atoms with van der Waals surface area (Å²) in [5.74, 6) is 0.0714. The molecular weight excluding hydrogens is 230 g/mol. The second kappa shape index (κ2) is 5.15. The zero-order valence-electron chi connectivity index (χ0n) is 10.0. The Morgan fingerprint density at radius 3 is 2.76 bits per heavy atom. The number of nitrogens with zero attached hydrogens (tertiary/aromatic N) is 1. The SMILES string of the molecule is Cc1cccc(C(=O)N(C)Cc2cccs2)c1. The summed E-state index contributed by atoms with van der Waals surface area (Å²) in [6, 6.07) is 11.8. The average Bonchev–Trinajstić information content (AvgIpc) is 2.80. The number of rotatable bonds is 3. The molecule has 0 saturated carbocycles. The highest BCUT2D eigenvalue weighted by Gasteiger charge is 2.12. The maximum absolute atomic E-state index is 12.2. The molecule has 0 N–H and O–H groups in total. The Kier molecular flexibility index (Phi) is 3.59. The van der Waals surface area contributed by atoms with Crippen molar-refractivity contribution in [2.24, 2.45) is 0 Å². The zero-order valence-corrected chi connectivity index (χ0v) is 10.8. The molecule has 0 unspecified atom stereocenters. The second-order valence-electron chi connectivity index (χ2n) is 4.11. The molecule has 0 aliphatic rings. The minimum Gasteiger partial charge on any atom is -0.337 e. The van der Waals surface area contributed by atoms with E-state index in [0.717, 1.165) is 11.1 Å². The summed E-state index contributed by atoms with van der Waals surface area (Å²) < 4.78 is 0. The molecule has 0 fully saturated rings. The van der Waals surface area contributed by atoms with Crippen molar-refractivity contribution in [3.05, 3.63) is 57.8 Å². The zero-order chi connectivity index (χ0) is 12.3. The Morgan fingerprint density at radius 2 is 2.12 bits per heavy atom. The fourth-order valence-corrected chi connectivity index (χ4v) is 2.46. The average molecular weight is 245 g/mol. The van der Waals surface area contributed by atoms with Crippen LogP contribution in [0.25, 0.3) is 0 Å². The van der Waals surface area contributed by atoms with E-state index in [9.17, 15) is 4.79 Å². The number of hydrogen-bond acceptors (Lipinski definition) is 2. The van der Waals surface area contributed by atoms with Crippen molar-refractivity contribution in [1.29, 1.82) is 0 Å². The lowest BCUT2D eigenvalue weighted by molar-refractivity contribution is 0.0786. The van der Waals surface area contributed by atoms with E-state index in [0.29, 0.717) is 6.54 Å². The number of amides is 1. The summed E-state index contributed by atoms with van der Waals surface area (Å²) >= 11 is 1.67. The first-order valence-electron chi connectivity index (χ1n) is 5.51. The lowest BCUT2D eigenvalue weighted by Crippen LogP contribution is -2.25. The lowest BCUT2D eigenvalue weighted by Gasteiger charge is -2.16. The van der Waals surface area contributed by atoms with E-state index in [-0.39, 0.29) is 5.91 Å². The first-order valence-corrected chi connectivity index (χ1v) is 6.39. The highest BCUT2D eigenvalue weighted by Crippen LogP contribution is 2.13. The second-order valence-corrected chi connectivity index (χ2v) is 5.14. The highest BCUT2D eigenvalue weighted by atomic mass is 32.1. The number of hydrogen-bond donors (Lipinski definition) is 0. The van der Waals surface area contributed by atoms with Crippen LogP contribution in [0.5, 0.6) is 0 Å². The standard InChI is InChI=1S/C14H15NOS/c1-11-5-3-6-12(9-11)14(16)15(2)10-13-7-4-8-17-13/h3-9H,10H2,1-2H3. The summed E-state index contributed by atoms with van der Waals surface area (Å²) in [6.07, 6.45) is 0. The summed E-state index contributed by atoms with van der Waals surface area (Å²) in [5, 5.41) is 2.03. The van der Waals surface area contributed by atoms with E-state index < -0.39 is 0 Å². The maximum atomic E-state index is 12.2. The molecule has 0 aliphatic carbocycles. The van der Waals surface area contributed by atoms with Crippen molar-refractivity contribution < 1.29 is 4.79 Å². The van der Waals surface area contributed by atoms with Crippen molar-refractivity contribution in [3.63, 3.8) is 0 Å². The molecule has 1 heterocycles.